The van der Waals surface area contributed by atoms with Gasteiger partial charge >= 0.3 is 6.18 Å². The van der Waals surface area contributed by atoms with Crippen molar-refractivity contribution in [1.29, 1.82) is 0 Å². The number of hydrogen-bond acceptors (Lipinski definition) is 3. The fraction of sp³-hybridized carbons (Fsp3) is 0.733. The van der Waals surface area contributed by atoms with Gasteiger partial charge in [0.05, 0.1) is 23.3 Å². The van der Waals surface area contributed by atoms with Crippen molar-refractivity contribution in [3.63, 3.8) is 0 Å². The number of fused-ring (bicyclic) bond motifs is 1. The second-order valence-electron chi connectivity index (χ2n) is 6.59. The quantitative estimate of drug-likeness (QED) is 0.926. The van der Waals surface area contributed by atoms with Crippen molar-refractivity contribution in [1.82, 2.24) is 15.1 Å². The Kier molecular flexibility index (Phi) is 3.70. The van der Waals surface area contributed by atoms with Gasteiger partial charge in [0.15, 0.2) is 5.69 Å². The van der Waals surface area contributed by atoms with Gasteiger partial charge in [-0.15, -0.1) is 0 Å². The molecule has 1 aromatic heterocycles. The molecule has 3 rings (SSSR count). The number of rotatable bonds is 3. The Balaban J connectivity index is 1.78. The fourth-order valence-electron chi connectivity index (χ4n) is 3.27. The number of carbonyl (C=O) groups excluding carboxylic acids is 1. The molecule has 1 aliphatic heterocycles. The van der Waals surface area contributed by atoms with Crippen molar-refractivity contribution in [2.24, 2.45) is 12.5 Å². The summed E-state index contributed by atoms with van der Waals surface area (Å²) in [6, 6.07) is 0. The van der Waals surface area contributed by atoms with E-state index in [0.717, 1.165) is 11.3 Å². The zero-order chi connectivity index (χ0) is 17.0. The SMILES string of the molecule is C[C@@H]1Cc2c(C(=O)NCC3(C(F)(F)F)CC3)nn(C)c2[C@H](C)O1. The number of aromatic nitrogens is 2. The van der Waals surface area contributed by atoms with E-state index in [4.69, 9.17) is 4.74 Å². The van der Waals surface area contributed by atoms with Crippen LogP contribution in [-0.2, 0) is 18.2 Å². The summed E-state index contributed by atoms with van der Waals surface area (Å²) in [5.41, 5.74) is 0.0436. The smallest absolute Gasteiger partial charge is 0.369 e. The normalized spacial score (nSPS) is 25.8. The molecule has 2 atom stereocenters. The summed E-state index contributed by atoms with van der Waals surface area (Å²) in [5, 5.41) is 6.63. The molecule has 128 valence electrons. The Bertz CT molecular complexity index is 635. The van der Waals surface area contributed by atoms with E-state index in [0.29, 0.717) is 6.42 Å². The molecule has 1 fully saturated rings. The first-order valence-corrected chi connectivity index (χ1v) is 7.71. The first-order chi connectivity index (χ1) is 10.6. The fourth-order valence-corrected chi connectivity index (χ4v) is 3.27. The highest BCUT2D eigenvalue weighted by Gasteiger charge is 2.63. The minimum Gasteiger partial charge on any atom is -0.369 e. The average molecular weight is 331 g/mol. The third-order valence-corrected chi connectivity index (χ3v) is 4.76. The molecular weight excluding hydrogens is 311 g/mol. The van der Waals surface area contributed by atoms with Crippen molar-refractivity contribution in [2.75, 3.05) is 6.54 Å². The molecule has 1 aliphatic carbocycles. The molecule has 0 aromatic carbocycles. The van der Waals surface area contributed by atoms with Crippen molar-refractivity contribution in [3.05, 3.63) is 17.0 Å². The van der Waals surface area contributed by atoms with Gasteiger partial charge in [-0.25, -0.2) is 0 Å². The molecule has 23 heavy (non-hydrogen) atoms. The molecule has 0 unspecified atom stereocenters. The van der Waals surface area contributed by atoms with Crippen LogP contribution in [0.1, 0.15) is 54.5 Å². The number of alkyl halides is 3. The second-order valence-corrected chi connectivity index (χ2v) is 6.59. The highest BCUT2D eigenvalue weighted by molar-refractivity contribution is 5.94. The summed E-state index contributed by atoms with van der Waals surface area (Å²) in [7, 11) is 1.71. The molecule has 1 saturated carbocycles. The standard InChI is InChI=1S/C15H20F3N3O2/c1-8-6-10-11(20-21(3)12(10)9(2)23-8)13(22)19-7-14(4-5-14)15(16,17)18/h8-9H,4-7H2,1-3H3,(H,19,22)/t8-,9+/m1/s1. The molecule has 2 heterocycles. The summed E-state index contributed by atoms with van der Waals surface area (Å²) in [6.07, 6.45) is -3.87. The third kappa shape index (κ3) is 2.73. The van der Waals surface area contributed by atoms with Crippen molar-refractivity contribution < 1.29 is 22.7 Å². The third-order valence-electron chi connectivity index (χ3n) is 4.76. The van der Waals surface area contributed by atoms with Gasteiger partial charge in [-0.3, -0.25) is 9.48 Å². The van der Waals surface area contributed by atoms with Crippen LogP contribution in [-0.4, -0.2) is 34.5 Å². The van der Waals surface area contributed by atoms with Crippen LogP contribution in [0.3, 0.4) is 0 Å². The number of amides is 1. The lowest BCUT2D eigenvalue weighted by molar-refractivity contribution is -0.184. The summed E-state index contributed by atoms with van der Waals surface area (Å²) < 4.78 is 46.1. The predicted octanol–water partition coefficient (Wildman–Crippen LogP) is 2.51. The van der Waals surface area contributed by atoms with E-state index in [2.05, 4.69) is 10.4 Å². The van der Waals surface area contributed by atoms with Gasteiger partial charge in [0, 0.05) is 25.6 Å². The molecule has 8 heteroatoms. The van der Waals surface area contributed by atoms with Gasteiger partial charge in [-0.05, 0) is 26.7 Å². The first kappa shape index (κ1) is 16.3. The van der Waals surface area contributed by atoms with Gasteiger partial charge in [0.1, 0.15) is 0 Å². The van der Waals surface area contributed by atoms with Gasteiger partial charge < -0.3 is 10.1 Å². The Morgan fingerprint density at radius 2 is 2.09 bits per heavy atom. The molecule has 0 bridgehead atoms. The first-order valence-electron chi connectivity index (χ1n) is 7.71. The molecule has 5 nitrogen and oxygen atoms in total. The molecule has 2 aliphatic rings. The number of aryl methyl sites for hydroxylation is 1. The van der Waals surface area contributed by atoms with E-state index in [1.165, 1.54) is 0 Å². The summed E-state index contributed by atoms with van der Waals surface area (Å²) in [4.78, 5) is 12.3. The highest BCUT2D eigenvalue weighted by atomic mass is 19.4. The highest BCUT2D eigenvalue weighted by Crippen LogP contribution is 2.57. The number of carbonyl (C=O) groups is 1. The molecular formula is C15H20F3N3O2. The molecule has 0 saturated heterocycles. The lowest BCUT2D eigenvalue weighted by Gasteiger charge is -2.26. The van der Waals surface area contributed by atoms with E-state index in [-0.39, 0.29) is 37.3 Å². The van der Waals surface area contributed by atoms with Crippen LogP contribution in [0.15, 0.2) is 0 Å². The van der Waals surface area contributed by atoms with E-state index in [9.17, 15) is 18.0 Å². The minimum absolute atomic E-state index is 0.0572. The minimum atomic E-state index is -4.28. The maximum absolute atomic E-state index is 12.9. The maximum atomic E-state index is 12.9. The van der Waals surface area contributed by atoms with E-state index >= 15 is 0 Å². The van der Waals surface area contributed by atoms with Crippen molar-refractivity contribution in [2.45, 2.75) is 51.5 Å². The number of hydrogen-bond donors (Lipinski definition) is 1. The van der Waals surface area contributed by atoms with Crippen LogP contribution < -0.4 is 5.32 Å². The zero-order valence-corrected chi connectivity index (χ0v) is 13.3. The zero-order valence-electron chi connectivity index (χ0n) is 13.3. The number of ether oxygens (including phenoxy) is 1. The number of nitrogens with zero attached hydrogens (tertiary/aromatic N) is 2. The topological polar surface area (TPSA) is 56.2 Å². The molecule has 0 radical (unpaired) electrons. The monoisotopic (exact) mass is 331 g/mol. The molecule has 1 aromatic rings. The molecule has 0 spiro atoms. The largest absolute Gasteiger partial charge is 0.396 e. The van der Waals surface area contributed by atoms with Crippen LogP contribution >= 0.6 is 0 Å². The Morgan fingerprint density at radius 1 is 1.43 bits per heavy atom. The van der Waals surface area contributed by atoms with Crippen LogP contribution in [0, 0.1) is 5.41 Å². The average Bonchev–Trinajstić information content (AvgIpc) is 3.15. The van der Waals surface area contributed by atoms with Crippen molar-refractivity contribution in [3.8, 4) is 0 Å². The lowest BCUT2D eigenvalue weighted by atomic mass is 9.99. The van der Waals surface area contributed by atoms with Crippen LogP contribution in [0.2, 0.25) is 0 Å². The van der Waals surface area contributed by atoms with Crippen LogP contribution in [0.5, 0.6) is 0 Å². The Hall–Kier alpha value is -1.57. The van der Waals surface area contributed by atoms with Gasteiger partial charge in [-0.2, -0.15) is 18.3 Å². The number of nitrogens with one attached hydrogen (secondary N) is 1. The number of halogens is 3. The molecule has 1 amide bonds. The predicted molar refractivity (Wildman–Crippen MR) is 75.9 cm³/mol. The molecule has 1 N–H and O–H groups in total. The Labute approximate surface area is 132 Å². The van der Waals surface area contributed by atoms with Crippen LogP contribution in [0.25, 0.3) is 0 Å². The van der Waals surface area contributed by atoms with Gasteiger partial charge in [0.25, 0.3) is 5.91 Å². The summed E-state index contributed by atoms with van der Waals surface area (Å²) in [6.45, 7) is 3.39. The van der Waals surface area contributed by atoms with Gasteiger partial charge in [-0.1, -0.05) is 0 Å². The van der Waals surface area contributed by atoms with Crippen molar-refractivity contribution >= 4 is 5.91 Å². The van der Waals surface area contributed by atoms with E-state index in [1.54, 1.807) is 11.7 Å². The Morgan fingerprint density at radius 3 is 2.65 bits per heavy atom. The summed E-state index contributed by atoms with van der Waals surface area (Å²) in [5.74, 6) is -0.543. The van der Waals surface area contributed by atoms with Crippen LogP contribution in [0.4, 0.5) is 13.2 Å². The lowest BCUT2D eigenvalue weighted by Crippen LogP contribution is -2.38. The van der Waals surface area contributed by atoms with E-state index in [1.807, 2.05) is 13.8 Å². The maximum Gasteiger partial charge on any atom is 0.396 e. The summed E-state index contributed by atoms with van der Waals surface area (Å²) >= 11 is 0. The van der Waals surface area contributed by atoms with Gasteiger partial charge in [0.2, 0.25) is 0 Å². The second kappa shape index (κ2) is 5.22. The van der Waals surface area contributed by atoms with E-state index < -0.39 is 17.5 Å².